The molecule has 0 aliphatic heterocycles. The molecule has 6 aromatic carbocycles. The fourth-order valence-corrected chi connectivity index (χ4v) is 6.12. The third-order valence-electron chi connectivity index (χ3n) is 8.04. The van der Waals surface area contributed by atoms with Gasteiger partial charge in [0.25, 0.3) is 0 Å². The van der Waals surface area contributed by atoms with Crippen LogP contribution in [-0.4, -0.2) is 19.5 Å². The van der Waals surface area contributed by atoms with Crippen LogP contribution in [-0.2, 0) is 0 Å². The summed E-state index contributed by atoms with van der Waals surface area (Å²) in [6, 6.07) is 45.6. The SMILES string of the molecule is c1ccc(-c2nc(-c3ccccc3)nc(-n3c4ccccc4c4cc5c(ccc6oc7ccccc7c65)cc43)n2)cc1. The first-order valence-electron chi connectivity index (χ1n) is 14.0. The minimum Gasteiger partial charge on any atom is -0.456 e. The zero-order valence-electron chi connectivity index (χ0n) is 22.4. The van der Waals surface area contributed by atoms with E-state index in [1.807, 2.05) is 72.8 Å². The second kappa shape index (κ2) is 8.85. The van der Waals surface area contributed by atoms with E-state index < -0.39 is 0 Å². The largest absolute Gasteiger partial charge is 0.456 e. The van der Waals surface area contributed by atoms with Gasteiger partial charge in [0.15, 0.2) is 11.6 Å². The van der Waals surface area contributed by atoms with Gasteiger partial charge in [-0.05, 0) is 41.1 Å². The summed E-state index contributed by atoms with van der Waals surface area (Å²) >= 11 is 0. The first-order valence-corrected chi connectivity index (χ1v) is 14.0. The lowest BCUT2D eigenvalue weighted by Gasteiger charge is -2.11. The summed E-state index contributed by atoms with van der Waals surface area (Å²) in [5.74, 6) is 1.86. The number of furan rings is 1. The predicted octanol–water partition coefficient (Wildman–Crippen LogP) is 9.36. The Hall–Kier alpha value is -5.81. The molecule has 42 heavy (non-hydrogen) atoms. The van der Waals surface area contributed by atoms with Crippen molar-refractivity contribution in [3.63, 3.8) is 0 Å². The number of aromatic nitrogens is 4. The minimum absolute atomic E-state index is 0.586. The lowest BCUT2D eigenvalue weighted by Crippen LogP contribution is -2.06. The summed E-state index contributed by atoms with van der Waals surface area (Å²) in [6.07, 6.45) is 0. The maximum Gasteiger partial charge on any atom is 0.238 e. The summed E-state index contributed by atoms with van der Waals surface area (Å²) in [5.41, 5.74) is 5.76. The molecular formula is C37H22N4O. The Morgan fingerprint density at radius 1 is 0.452 bits per heavy atom. The van der Waals surface area contributed by atoms with Crippen molar-refractivity contribution in [2.75, 3.05) is 0 Å². The highest BCUT2D eigenvalue weighted by Gasteiger charge is 2.19. The van der Waals surface area contributed by atoms with Crippen molar-refractivity contribution < 1.29 is 4.42 Å². The summed E-state index contributed by atoms with van der Waals surface area (Å²) in [7, 11) is 0. The monoisotopic (exact) mass is 538 g/mol. The Morgan fingerprint density at radius 3 is 1.83 bits per heavy atom. The topological polar surface area (TPSA) is 56.7 Å². The van der Waals surface area contributed by atoms with Gasteiger partial charge in [0.2, 0.25) is 5.95 Å². The third kappa shape index (κ3) is 3.40. The van der Waals surface area contributed by atoms with Gasteiger partial charge in [-0.25, -0.2) is 4.98 Å². The predicted molar refractivity (Wildman–Crippen MR) is 170 cm³/mol. The second-order valence-corrected chi connectivity index (χ2v) is 10.5. The van der Waals surface area contributed by atoms with E-state index in [-0.39, 0.29) is 0 Å². The van der Waals surface area contributed by atoms with E-state index in [1.54, 1.807) is 0 Å². The molecule has 0 bridgehead atoms. The molecule has 196 valence electrons. The molecule has 5 heteroatoms. The number of benzene rings is 6. The van der Waals surface area contributed by atoms with E-state index >= 15 is 0 Å². The molecule has 9 aromatic rings. The van der Waals surface area contributed by atoms with Crippen LogP contribution in [0, 0.1) is 0 Å². The molecule has 0 aliphatic rings. The maximum atomic E-state index is 6.21. The highest BCUT2D eigenvalue weighted by Crippen LogP contribution is 2.39. The second-order valence-electron chi connectivity index (χ2n) is 10.5. The highest BCUT2D eigenvalue weighted by molar-refractivity contribution is 6.23. The lowest BCUT2D eigenvalue weighted by atomic mass is 10.0. The number of para-hydroxylation sites is 2. The molecule has 5 nitrogen and oxygen atoms in total. The van der Waals surface area contributed by atoms with Gasteiger partial charge in [-0.2, -0.15) is 9.97 Å². The van der Waals surface area contributed by atoms with Gasteiger partial charge in [0.1, 0.15) is 11.2 Å². The van der Waals surface area contributed by atoms with Crippen molar-refractivity contribution in [1.82, 2.24) is 19.5 Å². The number of hydrogen-bond donors (Lipinski definition) is 0. The number of rotatable bonds is 3. The van der Waals surface area contributed by atoms with E-state index in [1.165, 1.54) is 5.39 Å². The summed E-state index contributed by atoms with van der Waals surface area (Å²) in [4.78, 5) is 15.0. The molecule has 0 N–H and O–H groups in total. The van der Waals surface area contributed by atoms with Gasteiger partial charge in [-0.3, -0.25) is 4.57 Å². The van der Waals surface area contributed by atoms with Crippen molar-refractivity contribution in [3.8, 4) is 28.7 Å². The Kier molecular flexibility index (Phi) is 4.83. The minimum atomic E-state index is 0.586. The van der Waals surface area contributed by atoms with Crippen molar-refractivity contribution in [1.29, 1.82) is 0 Å². The molecule has 0 atom stereocenters. The molecule has 0 spiro atoms. The van der Waals surface area contributed by atoms with E-state index in [4.69, 9.17) is 19.4 Å². The van der Waals surface area contributed by atoms with Crippen LogP contribution in [0.25, 0.3) is 83.2 Å². The smallest absolute Gasteiger partial charge is 0.238 e. The van der Waals surface area contributed by atoms with Crippen LogP contribution in [0.1, 0.15) is 0 Å². The molecule has 3 heterocycles. The lowest BCUT2D eigenvalue weighted by molar-refractivity contribution is 0.669. The zero-order valence-corrected chi connectivity index (χ0v) is 22.4. The van der Waals surface area contributed by atoms with Crippen LogP contribution in [0.15, 0.2) is 138 Å². The standard InChI is InChI=1S/C37H22N4O/c1-3-11-23(12-4-1)35-38-36(24-13-5-2-6-14-24)40-37(39-35)41-30-17-9-7-15-26(30)29-22-28-25(21-31(29)41)19-20-33-34(28)27-16-8-10-18-32(27)42-33/h1-22H. The molecular weight excluding hydrogens is 516 g/mol. The average molecular weight is 539 g/mol. The van der Waals surface area contributed by atoms with Crippen molar-refractivity contribution in [3.05, 3.63) is 133 Å². The Bertz CT molecular complexity index is 2400. The Labute approximate surface area is 240 Å². The number of fused-ring (bicyclic) bond motifs is 8. The van der Waals surface area contributed by atoms with Crippen LogP contribution in [0.5, 0.6) is 0 Å². The van der Waals surface area contributed by atoms with E-state index in [0.29, 0.717) is 17.6 Å². The molecule has 0 unspecified atom stereocenters. The van der Waals surface area contributed by atoms with Crippen LogP contribution in [0.4, 0.5) is 0 Å². The van der Waals surface area contributed by atoms with Gasteiger partial charge in [-0.1, -0.05) is 103 Å². The fraction of sp³-hybridized carbons (Fsp3) is 0. The molecule has 0 aliphatic carbocycles. The first-order chi connectivity index (χ1) is 20.8. The fourth-order valence-electron chi connectivity index (χ4n) is 6.12. The van der Waals surface area contributed by atoms with E-state index in [2.05, 4.69) is 65.2 Å². The van der Waals surface area contributed by atoms with Crippen LogP contribution >= 0.6 is 0 Å². The van der Waals surface area contributed by atoms with Crippen LogP contribution in [0.3, 0.4) is 0 Å². The van der Waals surface area contributed by atoms with Crippen molar-refractivity contribution in [2.24, 2.45) is 0 Å². The van der Waals surface area contributed by atoms with E-state index in [9.17, 15) is 0 Å². The van der Waals surface area contributed by atoms with Crippen molar-refractivity contribution >= 4 is 54.5 Å². The van der Waals surface area contributed by atoms with Crippen LogP contribution < -0.4 is 0 Å². The highest BCUT2D eigenvalue weighted by atomic mass is 16.3. The van der Waals surface area contributed by atoms with Gasteiger partial charge < -0.3 is 4.42 Å². The number of nitrogens with zero attached hydrogens (tertiary/aromatic N) is 4. The third-order valence-corrected chi connectivity index (χ3v) is 8.04. The Balaban J connectivity index is 1.39. The van der Waals surface area contributed by atoms with Gasteiger partial charge in [0.05, 0.1) is 11.0 Å². The molecule has 0 saturated carbocycles. The maximum absolute atomic E-state index is 6.21. The Morgan fingerprint density at radius 2 is 1.10 bits per heavy atom. The molecule has 0 fully saturated rings. The average Bonchev–Trinajstić information content (AvgIpc) is 3.60. The summed E-state index contributed by atoms with van der Waals surface area (Å²) in [5, 5.41) is 6.84. The molecule has 9 rings (SSSR count). The van der Waals surface area contributed by atoms with Gasteiger partial charge >= 0.3 is 0 Å². The van der Waals surface area contributed by atoms with Crippen molar-refractivity contribution in [2.45, 2.75) is 0 Å². The summed E-state index contributed by atoms with van der Waals surface area (Å²) in [6.45, 7) is 0. The van der Waals surface area contributed by atoms with Gasteiger partial charge in [-0.15, -0.1) is 0 Å². The molecule has 0 saturated heterocycles. The normalized spacial score (nSPS) is 11.8. The quantitative estimate of drug-likeness (QED) is 0.225. The summed E-state index contributed by atoms with van der Waals surface area (Å²) < 4.78 is 8.38. The van der Waals surface area contributed by atoms with E-state index in [0.717, 1.165) is 60.3 Å². The number of hydrogen-bond acceptors (Lipinski definition) is 4. The molecule has 0 radical (unpaired) electrons. The molecule has 0 amide bonds. The zero-order chi connectivity index (χ0) is 27.6. The van der Waals surface area contributed by atoms with Crippen LogP contribution in [0.2, 0.25) is 0 Å². The first kappa shape index (κ1) is 22.9. The molecule has 3 aromatic heterocycles. The van der Waals surface area contributed by atoms with Gasteiger partial charge in [0, 0.05) is 32.7 Å².